The summed E-state index contributed by atoms with van der Waals surface area (Å²) in [6, 6.07) is 16.2. The van der Waals surface area contributed by atoms with Gasteiger partial charge >= 0.3 is 0 Å². The third-order valence-electron chi connectivity index (χ3n) is 3.65. The quantitative estimate of drug-likeness (QED) is 0.468. The molecule has 0 atom stereocenters. The third kappa shape index (κ3) is 3.22. The highest BCUT2D eigenvalue weighted by Crippen LogP contribution is 2.23. The van der Waals surface area contributed by atoms with Crippen molar-refractivity contribution in [2.24, 2.45) is 0 Å². The molecule has 0 aliphatic rings. The molecule has 4 aromatic rings. The van der Waals surface area contributed by atoms with E-state index in [4.69, 9.17) is 0 Å². The van der Waals surface area contributed by atoms with Gasteiger partial charge in [-0.25, -0.2) is 4.98 Å². The van der Waals surface area contributed by atoms with Crippen LogP contribution in [0.15, 0.2) is 66.2 Å². The summed E-state index contributed by atoms with van der Waals surface area (Å²) in [5, 5.41) is 9.12. The number of aromatic nitrogens is 5. The summed E-state index contributed by atoms with van der Waals surface area (Å²) in [6.07, 6.45) is 3.83. The van der Waals surface area contributed by atoms with Gasteiger partial charge in [-0.2, -0.15) is 0 Å². The first kappa shape index (κ1) is 16.7. The Balaban J connectivity index is 0.00000169. The van der Waals surface area contributed by atoms with Crippen molar-refractivity contribution < 1.29 is 17.0 Å². The predicted octanol–water partition coefficient (Wildman–Crippen LogP) is 0.520. The Morgan fingerprint density at radius 2 is 1.88 bits per heavy atom. The number of imidazole rings is 1. The Hall–Kier alpha value is -2.12. The Kier molecular flexibility index (Phi) is 5.01. The van der Waals surface area contributed by atoms with E-state index in [0.717, 1.165) is 27.9 Å². The fraction of sp³-hybridized carbons (Fsp3) is 0.118. The van der Waals surface area contributed by atoms with Crippen LogP contribution in [-0.2, 0) is 5.75 Å². The first-order chi connectivity index (χ1) is 11.3. The highest BCUT2D eigenvalue weighted by atomic mass is 79.9. The number of fused-ring (bicyclic) bond motifs is 1. The Morgan fingerprint density at radius 3 is 2.67 bits per heavy atom. The van der Waals surface area contributed by atoms with Gasteiger partial charge < -0.3 is 21.4 Å². The standard InChI is InChI=1S/C17H15N5S.BrH/c1-13-6-5-9-16-19-14(10-21(13)16)11-23-17-20-18-12-22(17)15-7-3-2-4-8-15;/h2-10,12H,11H2,1H3;1H/p-1. The van der Waals surface area contributed by atoms with Crippen molar-refractivity contribution in [3.8, 4) is 5.69 Å². The van der Waals surface area contributed by atoms with Crippen molar-refractivity contribution in [1.82, 2.24) is 24.1 Å². The number of rotatable bonds is 4. The molecular weight excluding hydrogens is 386 g/mol. The maximum atomic E-state index is 4.66. The number of aryl methyl sites for hydroxylation is 1. The van der Waals surface area contributed by atoms with Crippen LogP contribution >= 0.6 is 11.8 Å². The molecule has 0 radical (unpaired) electrons. The van der Waals surface area contributed by atoms with Crippen LogP contribution in [0.25, 0.3) is 11.3 Å². The zero-order valence-electron chi connectivity index (χ0n) is 13.0. The van der Waals surface area contributed by atoms with Crippen molar-refractivity contribution >= 4 is 17.4 Å². The molecule has 0 fully saturated rings. The Labute approximate surface area is 154 Å². The lowest BCUT2D eigenvalue weighted by atomic mass is 10.3. The lowest BCUT2D eigenvalue weighted by Crippen LogP contribution is -3.00. The van der Waals surface area contributed by atoms with Crippen molar-refractivity contribution in [1.29, 1.82) is 0 Å². The Morgan fingerprint density at radius 1 is 1.04 bits per heavy atom. The second-order valence-corrected chi connectivity index (χ2v) is 6.18. The van der Waals surface area contributed by atoms with E-state index in [0.29, 0.717) is 0 Å². The number of halogens is 1. The molecule has 3 aromatic heterocycles. The van der Waals surface area contributed by atoms with E-state index in [-0.39, 0.29) is 17.0 Å². The summed E-state index contributed by atoms with van der Waals surface area (Å²) < 4.78 is 4.10. The van der Waals surface area contributed by atoms with E-state index in [1.807, 2.05) is 47.0 Å². The van der Waals surface area contributed by atoms with Crippen molar-refractivity contribution in [2.75, 3.05) is 0 Å². The largest absolute Gasteiger partial charge is 1.00 e. The van der Waals surface area contributed by atoms with Crippen LogP contribution in [0.3, 0.4) is 0 Å². The summed E-state index contributed by atoms with van der Waals surface area (Å²) in [5.41, 5.74) is 4.25. The number of hydrogen-bond acceptors (Lipinski definition) is 4. The first-order valence-electron chi connectivity index (χ1n) is 7.33. The minimum atomic E-state index is 0. The van der Waals surface area contributed by atoms with Crippen molar-refractivity contribution in [3.63, 3.8) is 0 Å². The summed E-state index contributed by atoms with van der Waals surface area (Å²) in [7, 11) is 0. The molecule has 24 heavy (non-hydrogen) atoms. The zero-order valence-corrected chi connectivity index (χ0v) is 15.4. The molecule has 0 amide bonds. The van der Waals surface area contributed by atoms with Gasteiger partial charge in [0.05, 0.1) is 5.69 Å². The molecule has 0 spiro atoms. The van der Waals surface area contributed by atoms with Crippen LogP contribution in [0.5, 0.6) is 0 Å². The molecular formula is C17H15BrN5S-. The van der Waals surface area contributed by atoms with E-state index in [1.165, 1.54) is 5.69 Å². The van der Waals surface area contributed by atoms with Gasteiger partial charge in [0.25, 0.3) is 0 Å². The van der Waals surface area contributed by atoms with Gasteiger partial charge in [0, 0.05) is 23.3 Å². The molecule has 1 aromatic carbocycles. The maximum Gasteiger partial charge on any atom is 0.195 e. The van der Waals surface area contributed by atoms with Gasteiger partial charge in [-0.1, -0.05) is 36.0 Å². The van der Waals surface area contributed by atoms with E-state index in [9.17, 15) is 0 Å². The molecule has 7 heteroatoms. The maximum absolute atomic E-state index is 4.66. The van der Waals surface area contributed by atoms with Crippen LogP contribution in [0.1, 0.15) is 11.4 Å². The van der Waals surface area contributed by atoms with Crippen LogP contribution in [0.2, 0.25) is 0 Å². The van der Waals surface area contributed by atoms with Gasteiger partial charge in [-0.3, -0.25) is 4.57 Å². The third-order valence-corrected chi connectivity index (χ3v) is 4.62. The Bertz CT molecular complexity index is 948. The summed E-state index contributed by atoms with van der Waals surface area (Å²) in [6.45, 7) is 2.08. The molecule has 0 unspecified atom stereocenters. The molecule has 4 rings (SSSR count). The molecule has 3 heterocycles. The highest BCUT2D eigenvalue weighted by Gasteiger charge is 2.09. The molecule has 5 nitrogen and oxygen atoms in total. The van der Waals surface area contributed by atoms with E-state index >= 15 is 0 Å². The number of benzene rings is 1. The normalized spacial score (nSPS) is 10.7. The molecule has 0 N–H and O–H groups in total. The predicted molar refractivity (Wildman–Crippen MR) is 90.8 cm³/mol. The number of hydrogen-bond donors (Lipinski definition) is 0. The first-order valence-corrected chi connectivity index (χ1v) is 8.32. The summed E-state index contributed by atoms with van der Waals surface area (Å²) in [4.78, 5) is 4.66. The fourth-order valence-corrected chi connectivity index (χ4v) is 3.31. The topological polar surface area (TPSA) is 48.0 Å². The van der Waals surface area contributed by atoms with Gasteiger partial charge in [0.2, 0.25) is 0 Å². The average Bonchev–Trinajstić information content (AvgIpc) is 3.21. The van der Waals surface area contributed by atoms with Crippen LogP contribution in [-0.4, -0.2) is 24.1 Å². The summed E-state index contributed by atoms with van der Waals surface area (Å²) in [5.74, 6) is 0.757. The number of para-hydroxylation sites is 1. The second kappa shape index (κ2) is 7.19. The average molecular weight is 401 g/mol. The van der Waals surface area contributed by atoms with E-state index in [1.54, 1.807) is 18.1 Å². The number of thioether (sulfide) groups is 1. The van der Waals surface area contributed by atoms with Crippen LogP contribution < -0.4 is 17.0 Å². The smallest absolute Gasteiger partial charge is 0.195 e. The van der Waals surface area contributed by atoms with Crippen molar-refractivity contribution in [3.05, 3.63) is 72.4 Å². The zero-order chi connectivity index (χ0) is 15.6. The van der Waals surface area contributed by atoms with Gasteiger partial charge in [-0.15, -0.1) is 10.2 Å². The minimum Gasteiger partial charge on any atom is -1.00 e. The monoisotopic (exact) mass is 400 g/mol. The highest BCUT2D eigenvalue weighted by molar-refractivity contribution is 7.98. The number of nitrogens with zero attached hydrogens (tertiary/aromatic N) is 5. The fourth-order valence-electron chi connectivity index (χ4n) is 2.50. The molecule has 0 bridgehead atoms. The molecule has 122 valence electrons. The van der Waals surface area contributed by atoms with Gasteiger partial charge in [0.15, 0.2) is 5.16 Å². The van der Waals surface area contributed by atoms with Crippen molar-refractivity contribution in [2.45, 2.75) is 17.8 Å². The van der Waals surface area contributed by atoms with Crippen LogP contribution in [0, 0.1) is 6.92 Å². The number of pyridine rings is 1. The lowest BCUT2D eigenvalue weighted by molar-refractivity contribution is -0.00000489. The second-order valence-electron chi connectivity index (χ2n) is 5.24. The SMILES string of the molecule is Cc1cccc2nc(CSc3nncn3-c3ccccc3)cn12.[Br-]. The molecule has 0 saturated carbocycles. The van der Waals surface area contributed by atoms with Gasteiger partial charge in [0.1, 0.15) is 12.0 Å². The van der Waals surface area contributed by atoms with Crippen LogP contribution in [0.4, 0.5) is 0 Å². The van der Waals surface area contributed by atoms with E-state index < -0.39 is 0 Å². The molecule has 0 aliphatic carbocycles. The molecule has 0 aliphatic heterocycles. The van der Waals surface area contributed by atoms with E-state index in [2.05, 4.69) is 38.8 Å². The minimum absolute atomic E-state index is 0. The molecule has 0 saturated heterocycles. The summed E-state index contributed by atoms with van der Waals surface area (Å²) >= 11 is 1.64. The van der Waals surface area contributed by atoms with Gasteiger partial charge in [-0.05, 0) is 31.2 Å². The lowest BCUT2D eigenvalue weighted by Gasteiger charge is -2.04.